The predicted octanol–water partition coefficient (Wildman–Crippen LogP) is 2.97. The minimum Gasteiger partial charge on any atom is -0.480 e. The molecular weight excluding hydrogens is 290 g/mol. The maximum absolute atomic E-state index is 12.4. The lowest BCUT2D eigenvalue weighted by atomic mass is 10.2. The summed E-state index contributed by atoms with van der Waals surface area (Å²) < 4.78 is 5.35. The molecule has 122 valence electrons. The van der Waals surface area contributed by atoms with E-state index in [9.17, 15) is 4.79 Å². The first-order valence-electron chi connectivity index (χ1n) is 8.35. The Labute approximate surface area is 136 Å². The number of rotatable bonds is 4. The van der Waals surface area contributed by atoms with E-state index in [2.05, 4.69) is 9.97 Å². The standard InChI is InChI=1S/C18H23N3O2/c1-23-18-16(19-14-8-4-5-9-15(14)20-18)10-11-17(22)21-12-6-2-3-7-13-21/h4-5,8-9H,2-3,6-7,10-13H2,1H3. The predicted molar refractivity (Wildman–Crippen MR) is 89.5 cm³/mol. The first-order valence-corrected chi connectivity index (χ1v) is 8.35. The van der Waals surface area contributed by atoms with E-state index in [1.807, 2.05) is 29.2 Å². The quantitative estimate of drug-likeness (QED) is 0.871. The number of fused-ring (bicyclic) bond motifs is 1. The first-order chi connectivity index (χ1) is 11.3. The molecule has 1 fully saturated rings. The van der Waals surface area contributed by atoms with Crippen LogP contribution in [-0.2, 0) is 11.2 Å². The molecule has 0 radical (unpaired) electrons. The Bertz CT molecular complexity index is 679. The number of carbonyl (C=O) groups excluding carboxylic acids is 1. The Morgan fingerprint density at radius 2 is 1.74 bits per heavy atom. The van der Waals surface area contributed by atoms with Crippen LogP contribution in [0.25, 0.3) is 11.0 Å². The van der Waals surface area contributed by atoms with Crippen molar-refractivity contribution in [2.75, 3.05) is 20.2 Å². The van der Waals surface area contributed by atoms with Crippen LogP contribution in [-0.4, -0.2) is 41.0 Å². The van der Waals surface area contributed by atoms with Crippen LogP contribution in [0.15, 0.2) is 24.3 Å². The van der Waals surface area contributed by atoms with Crippen LogP contribution in [0.3, 0.4) is 0 Å². The van der Waals surface area contributed by atoms with Gasteiger partial charge < -0.3 is 9.64 Å². The summed E-state index contributed by atoms with van der Waals surface area (Å²) in [5.41, 5.74) is 2.41. The molecule has 1 aliphatic heterocycles. The van der Waals surface area contributed by atoms with E-state index in [4.69, 9.17) is 4.74 Å². The summed E-state index contributed by atoms with van der Waals surface area (Å²) in [7, 11) is 1.60. The van der Waals surface area contributed by atoms with Crippen molar-refractivity contribution in [3.05, 3.63) is 30.0 Å². The molecule has 5 nitrogen and oxygen atoms in total. The van der Waals surface area contributed by atoms with Crippen LogP contribution in [0.2, 0.25) is 0 Å². The van der Waals surface area contributed by atoms with Crippen molar-refractivity contribution in [2.24, 2.45) is 0 Å². The average molecular weight is 313 g/mol. The fourth-order valence-corrected chi connectivity index (χ4v) is 3.05. The number of methoxy groups -OCH3 is 1. The van der Waals surface area contributed by atoms with Gasteiger partial charge in [0.2, 0.25) is 11.8 Å². The highest BCUT2D eigenvalue weighted by molar-refractivity contribution is 5.77. The van der Waals surface area contributed by atoms with Crippen molar-refractivity contribution in [1.29, 1.82) is 0 Å². The van der Waals surface area contributed by atoms with Crippen molar-refractivity contribution in [3.63, 3.8) is 0 Å². The molecule has 0 saturated carbocycles. The molecule has 0 unspecified atom stereocenters. The number of carbonyl (C=O) groups is 1. The van der Waals surface area contributed by atoms with E-state index < -0.39 is 0 Å². The van der Waals surface area contributed by atoms with E-state index in [0.717, 1.165) is 42.7 Å². The lowest BCUT2D eigenvalue weighted by Crippen LogP contribution is -2.32. The summed E-state index contributed by atoms with van der Waals surface area (Å²) in [6, 6.07) is 7.72. The summed E-state index contributed by atoms with van der Waals surface area (Å²) in [5.74, 6) is 0.733. The third kappa shape index (κ3) is 3.78. The second-order valence-electron chi connectivity index (χ2n) is 5.96. The van der Waals surface area contributed by atoms with Gasteiger partial charge in [-0.3, -0.25) is 4.79 Å². The molecule has 3 rings (SSSR count). The highest BCUT2D eigenvalue weighted by Gasteiger charge is 2.17. The molecule has 0 N–H and O–H groups in total. The number of hydrogen-bond acceptors (Lipinski definition) is 4. The van der Waals surface area contributed by atoms with Gasteiger partial charge in [-0.1, -0.05) is 25.0 Å². The van der Waals surface area contributed by atoms with Crippen molar-refractivity contribution >= 4 is 16.9 Å². The smallest absolute Gasteiger partial charge is 0.235 e. The van der Waals surface area contributed by atoms with E-state index >= 15 is 0 Å². The molecule has 1 aromatic heterocycles. The van der Waals surface area contributed by atoms with Crippen molar-refractivity contribution in [3.8, 4) is 5.88 Å². The van der Waals surface area contributed by atoms with Gasteiger partial charge in [0.05, 0.1) is 18.1 Å². The molecule has 2 heterocycles. The van der Waals surface area contributed by atoms with Gasteiger partial charge in [-0.2, -0.15) is 0 Å². The number of benzene rings is 1. The molecule has 5 heteroatoms. The Balaban J connectivity index is 1.71. The van der Waals surface area contributed by atoms with Gasteiger partial charge in [-0.15, -0.1) is 0 Å². The van der Waals surface area contributed by atoms with Crippen LogP contribution in [0.4, 0.5) is 0 Å². The van der Waals surface area contributed by atoms with Crippen LogP contribution in [0.1, 0.15) is 37.8 Å². The number of nitrogens with zero attached hydrogens (tertiary/aromatic N) is 3. The third-order valence-corrected chi connectivity index (χ3v) is 4.33. The van der Waals surface area contributed by atoms with Gasteiger partial charge in [0.25, 0.3) is 0 Å². The van der Waals surface area contributed by atoms with Crippen molar-refractivity contribution < 1.29 is 9.53 Å². The topological polar surface area (TPSA) is 55.3 Å². The summed E-state index contributed by atoms with van der Waals surface area (Å²) in [6.45, 7) is 1.78. The first kappa shape index (κ1) is 15.7. The molecule has 0 spiro atoms. The fourth-order valence-electron chi connectivity index (χ4n) is 3.05. The molecule has 0 bridgehead atoms. The van der Waals surface area contributed by atoms with Gasteiger partial charge >= 0.3 is 0 Å². The van der Waals surface area contributed by atoms with Crippen LogP contribution in [0.5, 0.6) is 5.88 Å². The van der Waals surface area contributed by atoms with Gasteiger partial charge in [0, 0.05) is 25.9 Å². The fraction of sp³-hybridized carbons (Fsp3) is 0.500. The molecular formula is C18H23N3O2. The van der Waals surface area contributed by atoms with Crippen molar-refractivity contribution in [2.45, 2.75) is 38.5 Å². The monoisotopic (exact) mass is 313 g/mol. The number of likely N-dealkylation sites (tertiary alicyclic amines) is 1. The molecule has 0 atom stereocenters. The molecule has 0 aliphatic carbocycles. The third-order valence-electron chi connectivity index (χ3n) is 4.33. The van der Waals surface area contributed by atoms with E-state index in [0.29, 0.717) is 18.7 Å². The summed E-state index contributed by atoms with van der Waals surface area (Å²) in [5, 5.41) is 0. The second-order valence-corrected chi connectivity index (χ2v) is 5.96. The summed E-state index contributed by atoms with van der Waals surface area (Å²) >= 11 is 0. The van der Waals surface area contributed by atoms with Crippen molar-refractivity contribution in [1.82, 2.24) is 14.9 Å². The van der Waals surface area contributed by atoms with Crippen LogP contribution < -0.4 is 4.74 Å². The van der Waals surface area contributed by atoms with Crippen LogP contribution >= 0.6 is 0 Å². The Hall–Kier alpha value is -2.17. The number of aromatic nitrogens is 2. The molecule has 2 aromatic rings. The van der Waals surface area contributed by atoms with Gasteiger partial charge in [0.1, 0.15) is 5.69 Å². The van der Waals surface area contributed by atoms with Gasteiger partial charge in [0.15, 0.2) is 0 Å². The number of amides is 1. The maximum Gasteiger partial charge on any atom is 0.235 e. The zero-order valence-electron chi connectivity index (χ0n) is 13.6. The molecule has 1 saturated heterocycles. The van der Waals surface area contributed by atoms with Gasteiger partial charge in [-0.25, -0.2) is 9.97 Å². The Morgan fingerprint density at radius 1 is 1.09 bits per heavy atom. The Morgan fingerprint density at radius 3 is 2.39 bits per heavy atom. The minimum atomic E-state index is 0.212. The lowest BCUT2D eigenvalue weighted by molar-refractivity contribution is -0.131. The highest BCUT2D eigenvalue weighted by atomic mass is 16.5. The Kier molecular flexibility index (Phi) is 5.05. The average Bonchev–Trinajstić information content (AvgIpc) is 2.88. The molecule has 1 amide bonds. The lowest BCUT2D eigenvalue weighted by Gasteiger charge is -2.20. The molecule has 1 aromatic carbocycles. The van der Waals surface area contributed by atoms with E-state index in [-0.39, 0.29) is 5.91 Å². The number of aryl methyl sites for hydroxylation is 1. The normalized spacial score (nSPS) is 15.4. The van der Waals surface area contributed by atoms with Gasteiger partial charge in [-0.05, 0) is 25.0 Å². The SMILES string of the molecule is COc1nc2ccccc2nc1CCC(=O)N1CCCCCC1. The zero-order chi connectivity index (χ0) is 16.1. The highest BCUT2D eigenvalue weighted by Crippen LogP contribution is 2.20. The number of hydrogen-bond donors (Lipinski definition) is 0. The van der Waals surface area contributed by atoms with E-state index in [1.165, 1.54) is 12.8 Å². The largest absolute Gasteiger partial charge is 0.480 e. The minimum absolute atomic E-state index is 0.212. The number of para-hydroxylation sites is 2. The summed E-state index contributed by atoms with van der Waals surface area (Å²) in [4.78, 5) is 23.5. The molecule has 1 aliphatic rings. The van der Waals surface area contributed by atoms with Crippen LogP contribution in [0, 0.1) is 0 Å². The second kappa shape index (κ2) is 7.40. The molecule has 23 heavy (non-hydrogen) atoms. The van der Waals surface area contributed by atoms with E-state index in [1.54, 1.807) is 7.11 Å². The number of ether oxygens (including phenoxy) is 1. The zero-order valence-corrected chi connectivity index (χ0v) is 13.6. The maximum atomic E-state index is 12.4. The summed E-state index contributed by atoms with van der Waals surface area (Å²) in [6.07, 6.45) is 5.72.